The van der Waals surface area contributed by atoms with Crippen molar-refractivity contribution in [2.24, 2.45) is 10.9 Å². The SMILES string of the molecule is COC(=O)c1cc2c(cc1F)CC(C(C)C)N=C2. The first-order valence-electron chi connectivity index (χ1n) is 5.97. The Labute approximate surface area is 106 Å². The van der Waals surface area contributed by atoms with Gasteiger partial charge in [0.2, 0.25) is 0 Å². The fourth-order valence-corrected chi connectivity index (χ4v) is 2.06. The Morgan fingerprint density at radius 1 is 1.50 bits per heavy atom. The predicted molar refractivity (Wildman–Crippen MR) is 67.7 cm³/mol. The third-order valence-corrected chi connectivity index (χ3v) is 3.24. The van der Waals surface area contributed by atoms with Crippen LogP contribution < -0.4 is 0 Å². The van der Waals surface area contributed by atoms with Gasteiger partial charge in [0.05, 0.1) is 18.7 Å². The van der Waals surface area contributed by atoms with Gasteiger partial charge in [0.15, 0.2) is 0 Å². The second kappa shape index (κ2) is 4.88. The van der Waals surface area contributed by atoms with Crippen LogP contribution in [0.15, 0.2) is 17.1 Å². The lowest BCUT2D eigenvalue weighted by molar-refractivity contribution is 0.0595. The minimum absolute atomic E-state index is 0.0364. The summed E-state index contributed by atoms with van der Waals surface area (Å²) in [5.74, 6) is -0.772. The van der Waals surface area contributed by atoms with E-state index in [2.05, 4.69) is 23.6 Å². The second-order valence-corrected chi connectivity index (χ2v) is 4.82. The van der Waals surface area contributed by atoms with E-state index in [9.17, 15) is 9.18 Å². The van der Waals surface area contributed by atoms with E-state index in [4.69, 9.17) is 0 Å². The fraction of sp³-hybridized carbons (Fsp3) is 0.429. The molecule has 2 rings (SSSR count). The summed E-state index contributed by atoms with van der Waals surface area (Å²) in [5.41, 5.74) is 1.66. The van der Waals surface area contributed by atoms with Crippen LogP contribution in [-0.2, 0) is 11.2 Å². The molecule has 0 aromatic heterocycles. The first-order chi connectivity index (χ1) is 8.52. The Balaban J connectivity index is 2.39. The van der Waals surface area contributed by atoms with Crippen molar-refractivity contribution in [3.05, 3.63) is 34.6 Å². The first kappa shape index (κ1) is 12.7. The van der Waals surface area contributed by atoms with Gasteiger partial charge < -0.3 is 4.74 Å². The lowest BCUT2D eigenvalue weighted by Crippen LogP contribution is -2.21. The highest BCUT2D eigenvalue weighted by Gasteiger charge is 2.21. The third kappa shape index (κ3) is 2.28. The maximum Gasteiger partial charge on any atom is 0.340 e. The van der Waals surface area contributed by atoms with E-state index >= 15 is 0 Å². The summed E-state index contributed by atoms with van der Waals surface area (Å²) in [6.45, 7) is 4.18. The zero-order valence-corrected chi connectivity index (χ0v) is 10.7. The molecule has 0 bridgehead atoms. The average molecular weight is 249 g/mol. The van der Waals surface area contributed by atoms with Crippen molar-refractivity contribution in [2.45, 2.75) is 26.3 Å². The van der Waals surface area contributed by atoms with Gasteiger partial charge in [0.25, 0.3) is 0 Å². The predicted octanol–water partition coefficient (Wildman–Crippen LogP) is 2.61. The number of benzene rings is 1. The molecule has 0 aliphatic carbocycles. The van der Waals surface area contributed by atoms with Crippen molar-refractivity contribution in [1.29, 1.82) is 0 Å². The van der Waals surface area contributed by atoms with E-state index in [-0.39, 0.29) is 11.6 Å². The number of carbonyl (C=O) groups excluding carboxylic acids is 1. The molecule has 18 heavy (non-hydrogen) atoms. The van der Waals surface area contributed by atoms with Gasteiger partial charge in [-0.2, -0.15) is 0 Å². The summed E-state index contributed by atoms with van der Waals surface area (Å²) in [5, 5.41) is 0. The highest BCUT2D eigenvalue weighted by Crippen LogP contribution is 2.24. The van der Waals surface area contributed by atoms with E-state index in [0.29, 0.717) is 12.3 Å². The Kier molecular flexibility index (Phi) is 3.45. The minimum atomic E-state index is -0.658. The standard InChI is InChI=1S/C14H16FNO2/c1-8(2)13-6-9-5-12(15)11(14(17)18-3)4-10(9)7-16-13/h4-5,7-8,13H,6H2,1-3H3. The summed E-state index contributed by atoms with van der Waals surface area (Å²) >= 11 is 0. The van der Waals surface area contributed by atoms with E-state index in [0.717, 1.165) is 11.1 Å². The summed E-state index contributed by atoms with van der Waals surface area (Å²) in [7, 11) is 1.24. The number of ether oxygens (including phenoxy) is 1. The summed E-state index contributed by atoms with van der Waals surface area (Å²) in [6, 6.07) is 3.11. The average Bonchev–Trinajstić information content (AvgIpc) is 2.36. The van der Waals surface area contributed by atoms with Crippen LogP contribution in [0.1, 0.15) is 35.3 Å². The number of fused-ring (bicyclic) bond motifs is 1. The minimum Gasteiger partial charge on any atom is -0.465 e. The Morgan fingerprint density at radius 2 is 2.22 bits per heavy atom. The van der Waals surface area contributed by atoms with E-state index in [1.165, 1.54) is 19.2 Å². The molecule has 0 spiro atoms. The molecule has 1 aromatic rings. The van der Waals surface area contributed by atoms with Crippen LogP contribution in [0.5, 0.6) is 0 Å². The van der Waals surface area contributed by atoms with Gasteiger partial charge in [-0.1, -0.05) is 13.8 Å². The van der Waals surface area contributed by atoms with Crippen molar-refractivity contribution in [1.82, 2.24) is 0 Å². The van der Waals surface area contributed by atoms with Gasteiger partial charge in [0, 0.05) is 6.21 Å². The van der Waals surface area contributed by atoms with Gasteiger partial charge in [-0.3, -0.25) is 4.99 Å². The van der Waals surface area contributed by atoms with Crippen LogP contribution in [-0.4, -0.2) is 25.3 Å². The quantitative estimate of drug-likeness (QED) is 0.756. The van der Waals surface area contributed by atoms with Crippen molar-refractivity contribution >= 4 is 12.2 Å². The lowest BCUT2D eigenvalue weighted by Gasteiger charge is -2.22. The van der Waals surface area contributed by atoms with Crippen LogP contribution >= 0.6 is 0 Å². The van der Waals surface area contributed by atoms with E-state index in [1.54, 1.807) is 6.21 Å². The van der Waals surface area contributed by atoms with Crippen molar-refractivity contribution < 1.29 is 13.9 Å². The van der Waals surface area contributed by atoms with Gasteiger partial charge in [-0.05, 0) is 35.6 Å². The number of aliphatic imine (C=N–C) groups is 1. The maximum atomic E-state index is 13.8. The van der Waals surface area contributed by atoms with E-state index in [1.807, 2.05) is 0 Å². The highest BCUT2D eigenvalue weighted by atomic mass is 19.1. The molecule has 1 aliphatic rings. The van der Waals surface area contributed by atoms with Crippen molar-refractivity contribution in [2.75, 3.05) is 7.11 Å². The molecule has 0 amide bonds. The number of hydrogen-bond donors (Lipinski definition) is 0. The van der Waals surface area contributed by atoms with Gasteiger partial charge in [0.1, 0.15) is 5.82 Å². The molecule has 0 fully saturated rings. The normalized spacial score (nSPS) is 17.7. The second-order valence-electron chi connectivity index (χ2n) is 4.82. The molecule has 0 saturated carbocycles. The molecule has 1 aliphatic heterocycles. The first-order valence-corrected chi connectivity index (χ1v) is 5.97. The molecule has 4 heteroatoms. The number of nitrogens with zero attached hydrogens (tertiary/aromatic N) is 1. The molecule has 96 valence electrons. The molecular formula is C14H16FNO2. The van der Waals surface area contributed by atoms with Crippen LogP contribution in [0.4, 0.5) is 4.39 Å². The Hall–Kier alpha value is -1.71. The molecule has 1 atom stereocenters. The number of esters is 1. The summed E-state index contributed by atoms with van der Waals surface area (Å²) < 4.78 is 18.3. The van der Waals surface area contributed by atoms with Crippen molar-refractivity contribution in [3.8, 4) is 0 Å². The number of halogens is 1. The molecule has 3 nitrogen and oxygen atoms in total. The molecule has 1 unspecified atom stereocenters. The van der Waals surface area contributed by atoms with Crippen LogP contribution in [0, 0.1) is 11.7 Å². The topological polar surface area (TPSA) is 38.7 Å². The third-order valence-electron chi connectivity index (χ3n) is 3.24. The summed E-state index contributed by atoms with van der Waals surface area (Å²) in [4.78, 5) is 15.8. The molecule has 1 heterocycles. The van der Waals surface area contributed by atoms with Crippen LogP contribution in [0.3, 0.4) is 0 Å². The van der Waals surface area contributed by atoms with Gasteiger partial charge in [-0.15, -0.1) is 0 Å². The molecule has 0 saturated heterocycles. The monoisotopic (exact) mass is 249 g/mol. The number of carbonyl (C=O) groups is 1. The van der Waals surface area contributed by atoms with Gasteiger partial charge in [-0.25, -0.2) is 9.18 Å². The lowest BCUT2D eigenvalue weighted by atomic mass is 9.91. The zero-order valence-electron chi connectivity index (χ0n) is 10.7. The van der Waals surface area contributed by atoms with Crippen LogP contribution in [0.2, 0.25) is 0 Å². The highest BCUT2D eigenvalue weighted by molar-refractivity contribution is 5.93. The largest absolute Gasteiger partial charge is 0.465 e. The maximum absolute atomic E-state index is 13.8. The number of rotatable bonds is 2. The zero-order chi connectivity index (χ0) is 13.3. The van der Waals surface area contributed by atoms with Crippen LogP contribution in [0.25, 0.3) is 0 Å². The number of hydrogen-bond acceptors (Lipinski definition) is 3. The fourth-order valence-electron chi connectivity index (χ4n) is 2.06. The Morgan fingerprint density at radius 3 is 2.83 bits per heavy atom. The number of methoxy groups -OCH3 is 1. The molecule has 1 aromatic carbocycles. The van der Waals surface area contributed by atoms with E-state index < -0.39 is 11.8 Å². The molecule has 0 radical (unpaired) electrons. The van der Waals surface area contributed by atoms with Gasteiger partial charge >= 0.3 is 5.97 Å². The Bertz CT molecular complexity index is 509. The van der Waals surface area contributed by atoms with Crippen molar-refractivity contribution in [3.63, 3.8) is 0 Å². The molecular weight excluding hydrogens is 233 g/mol. The molecule has 0 N–H and O–H groups in total. The smallest absolute Gasteiger partial charge is 0.340 e. The summed E-state index contributed by atoms with van der Waals surface area (Å²) in [6.07, 6.45) is 2.43.